The maximum atomic E-state index is 13.2. The van der Waals surface area contributed by atoms with Crippen LogP contribution < -0.4 is 0 Å². The molecule has 0 saturated carbocycles. The molecule has 25 heavy (non-hydrogen) atoms. The molecule has 144 valence electrons. The van der Waals surface area contributed by atoms with Crippen molar-refractivity contribution in [1.82, 2.24) is 4.90 Å². The molecule has 2 heteroatoms. The van der Waals surface area contributed by atoms with E-state index in [2.05, 4.69) is 32.6 Å². The molecule has 0 aliphatic rings. The summed E-state index contributed by atoms with van der Waals surface area (Å²) in [4.78, 5) is 2.64. The van der Waals surface area contributed by atoms with Crippen LogP contribution in [0.4, 0.5) is 4.39 Å². The van der Waals surface area contributed by atoms with Gasteiger partial charge in [-0.15, -0.1) is 0 Å². The molecule has 0 aliphatic carbocycles. The van der Waals surface area contributed by atoms with E-state index < -0.39 is 0 Å². The van der Waals surface area contributed by atoms with Gasteiger partial charge in [-0.1, -0.05) is 78.4 Å². The predicted molar refractivity (Wildman–Crippen MR) is 108 cm³/mol. The van der Waals surface area contributed by atoms with E-state index in [0.717, 1.165) is 18.4 Å². The Morgan fingerprint density at radius 2 is 1.28 bits per heavy atom. The highest BCUT2D eigenvalue weighted by atomic mass is 19.1. The van der Waals surface area contributed by atoms with Crippen molar-refractivity contribution in [1.29, 1.82) is 0 Å². The normalized spacial score (nSPS) is 14.0. The van der Waals surface area contributed by atoms with Crippen LogP contribution in [0.25, 0.3) is 0 Å². The number of nitrogens with zero attached hydrogens (tertiary/aromatic N) is 1. The van der Waals surface area contributed by atoms with Crippen molar-refractivity contribution in [2.75, 3.05) is 13.1 Å². The summed E-state index contributed by atoms with van der Waals surface area (Å²) in [5.41, 5.74) is 1.23. The standard InChI is InChI=1S/C23H40FN/c1-5-9-11-20(7-3)17-25(18-21(8-4)12-10-6-2)19-22-13-15-23(24)16-14-22/h13-16,20-21H,5-12,17-19H2,1-4H3. The van der Waals surface area contributed by atoms with E-state index in [9.17, 15) is 4.39 Å². The van der Waals surface area contributed by atoms with Crippen LogP contribution in [-0.2, 0) is 6.54 Å². The number of unbranched alkanes of at least 4 members (excludes halogenated alkanes) is 2. The molecule has 0 amide bonds. The summed E-state index contributed by atoms with van der Waals surface area (Å²) in [6.45, 7) is 12.5. The Morgan fingerprint density at radius 1 is 0.800 bits per heavy atom. The lowest BCUT2D eigenvalue weighted by Gasteiger charge is -2.30. The average Bonchev–Trinajstić information content (AvgIpc) is 2.63. The summed E-state index contributed by atoms with van der Waals surface area (Å²) >= 11 is 0. The summed E-state index contributed by atoms with van der Waals surface area (Å²) in [5.74, 6) is 1.42. The predicted octanol–water partition coefficient (Wildman–Crippen LogP) is 7.06. The van der Waals surface area contributed by atoms with E-state index in [1.54, 1.807) is 12.1 Å². The van der Waals surface area contributed by atoms with E-state index >= 15 is 0 Å². The van der Waals surface area contributed by atoms with Gasteiger partial charge < -0.3 is 0 Å². The lowest BCUT2D eigenvalue weighted by Crippen LogP contribution is -2.33. The van der Waals surface area contributed by atoms with Crippen molar-refractivity contribution in [3.63, 3.8) is 0 Å². The highest BCUT2D eigenvalue weighted by Gasteiger charge is 2.17. The topological polar surface area (TPSA) is 3.24 Å². The summed E-state index contributed by atoms with van der Waals surface area (Å²) in [5, 5.41) is 0. The minimum atomic E-state index is -0.140. The number of halogens is 1. The highest BCUT2D eigenvalue weighted by Crippen LogP contribution is 2.20. The molecule has 0 bridgehead atoms. The van der Waals surface area contributed by atoms with Crippen LogP contribution in [0.5, 0.6) is 0 Å². The Hall–Kier alpha value is -0.890. The number of benzene rings is 1. The molecule has 0 spiro atoms. The molecule has 1 rings (SSSR count). The van der Waals surface area contributed by atoms with E-state index in [1.165, 1.54) is 70.0 Å². The SMILES string of the molecule is CCCCC(CC)CN(Cc1ccc(F)cc1)CC(CC)CCCC. The molecule has 0 aromatic heterocycles. The highest BCUT2D eigenvalue weighted by molar-refractivity contribution is 5.15. The van der Waals surface area contributed by atoms with Gasteiger partial charge in [0.15, 0.2) is 0 Å². The largest absolute Gasteiger partial charge is 0.299 e. The second kappa shape index (κ2) is 13.3. The second-order valence-corrected chi connectivity index (χ2v) is 7.65. The fourth-order valence-corrected chi connectivity index (χ4v) is 3.62. The van der Waals surface area contributed by atoms with Crippen LogP contribution in [-0.4, -0.2) is 18.0 Å². The monoisotopic (exact) mass is 349 g/mol. The zero-order chi connectivity index (χ0) is 18.5. The Bertz CT molecular complexity index is 410. The van der Waals surface area contributed by atoms with Gasteiger partial charge in [0.05, 0.1) is 0 Å². The molecular weight excluding hydrogens is 309 g/mol. The molecule has 1 aromatic carbocycles. The van der Waals surface area contributed by atoms with Gasteiger partial charge in [-0.3, -0.25) is 4.90 Å². The molecular formula is C23H40FN. The molecule has 0 heterocycles. The average molecular weight is 350 g/mol. The molecule has 0 aliphatic heterocycles. The van der Waals surface area contributed by atoms with Gasteiger partial charge in [-0.25, -0.2) is 4.39 Å². The maximum Gasteiger partial charge on any atom is 0.123 e. The third-order valence-electron chi connectivity index (χ3n) is 5.44. The number of rotatable bonds is 14. The molecule has 0 saturated heterocycles. The lowest BCUT2D eigenvalue weighted by molar-refractivity contribution is 0.174. The van der Waals surface area contributed by atoms with Crippen molar-refractivity contribution in [3.8, 4) is 0 Å². The van der Waals surface area contributed by atoms with Gasteiger partial charge in [0.2, 0.25) is 0 Å². The van der Waals surface area contributed by atoms with E-state index in [1.807, 2.05) is 12.1 Å². The lowest BCUT2D eigenvalue weighted by atomic mass is 9.95. The Morgan fingerprint density at radius 3 is 1.68 bits per heavy atom. The first kappa shape index (κ1) is 22.2. The summed E-state index contributed by atoms with van der Waals surface area (Å²) in [6.07, 6.45) is 10.4. The van der Waals surface area contributed by atoms with Crippen molar-refractivity contribution in [2.24, 2.45) is 11.8 Å². The first-order valence-corrected chi connectivity index (χ1v) is 10.6. The van der Waals surface area contributed by atoms with Gasteiger partial charge >= 0.3 is 0 Å². The van der Waals surface area contributed by atoms with Crippen molar-refractivity contribution < 1.29 is 4.39 Å². The van der Waals surface area contributed by atoms with E-state index in [0.29, 0.717) is 0 Å². The molecule has 2 unspecified atom stereocenters. The minimum Gasteiger partial charge on any atom is -0.299 e. The van der Waals surface area contributed by atoms with Gasteiger partial charge in [0.1, 0.15) is 5.82 Å². The number of hydrogen-bond acceptors (Lipinski definition) is 1. The third-order valence-corrected chi connectivity index (χ3v) is 5.44. The zero-order valence-electron chi connectivity index (χ0n) is 17.1. The quantitative estimate of drug-likeness (QED) is 0.347. The molecule has 1 nitrogen and oxygen atoms in total. The van der Waals surface area contributed by atoms with Crippen LogP contribution in [0.3, 0.4) is 0 Å². The van der Waals surface area contributed by atoms with Crippen LogP contribution in [0, 0.1) is 17.7 Å². The van der Waals surface area contributed by atoms with Crippen LogP contribution in [0.1, 0.15) is 84.6 Å². The molecule has 2 atom stereocenters. The first-order chi connectivity index (χ1) is 12.1. The van der Waals surface area contributed by atoms with Crippen molar-refractivity contribution >= 4 is 0 Å². The van der Waals surface area contributed by atoms with Gasteiger partial charge in [0.25, 0.3) is 0 Å². The summed E-state index contributed by atoms with van der Waals surface area (Å²) in [6, 6.07) is 7.08. The molecule has 1 aromatic rings. The molecule has 0 radical (unpaired) electrons. The van der Waals surface area contributed by atoms with Crippen LogP contribution in [0.2, 0.25) is 0 Å². The molecule has 0 fully saturated rings. The van der Waals surface area contributed by atoms with E-state index in [4.69, 9.17) is 0 Å². The fraction of sp³-hybridized carbons (Fsp3) is 0.739. The van der Waals surface area contributed by atoms with Crippen LogP contribution in [0.15, 0.2) is 24.3 Å². The third kappa shape index (κ3) is 9.39. The summed E-state index contributed by atoms with van der Waals surface area (Å²) in [7, 11) is 0. The number of hydrogen-bond donors (Lipinski definition) is 0. The molecule has 0 N–H and O–H groups in total. The first-order valence-electron chi connectivity index (χ1n) is 10.6. The minimum absolute atomic E-state index is 0.140. The van der Waals surface area contributed by atoms with E-state index in [-0.39, 0.29) is 5.82 Å². The maximum absolute atomic E-state index is 13.2. The summed E-state index contributed by atoms with van der Waals surface area (Å²) < 4.78 is 13.2. The smallest absolute Gasteiger partial charge is 0.123 e. The zero-order valence-corrected chi connectivity index (χ0v) is 17.1. The Balaban J connectivity index is 2.74. The van der Waals surface area contributed by atoms with Gasteiger partial charge in [-0.05, 0) is 42.4 Å². The van der Waals surface area contributed by atoms with Crippen molar-refractivity contribution in [3.05, 3.63) is 35.6 Å². The van der Waals surface area contributed by atoms with Crippen molar-refractivity contribution in [2.45, 2.75) is 85.6 Å². The fourth-order valence-electron chi connectivity index (χ4n) is 3.62. The van der Waals surface area contributed by atoms with Gasteiger partial charge in [-0.2, -0.15) is 0 Å². The van der Waals surface area contributed by atoms with Crippen LogP contribution >= 0.6 is 0 Å². The Labute approximate surface area is 156 Å². The van der Waals surface area contributed by atoms with Gasteiger partial charge in [0, 0.05) is 19.6 Å². The second-order valence-electron chi connectivity index (χ2n) is 7.65. The Kier molecular flexibility index (Phi) is 11.8.